The standard InChI is InChI=1S/C20H27N3O5/c1-15(28-17-6-4-3-5-7-17)19(25)21-10-8-16(9-11-21)23-14-18(24)22(20(23)26)12-13-27-2/h3-7,15-16H,8-14H2,1-2H3. The van der Waals surface area contributed by atoms with Gasteiger partial charge in [-0.05, 0) is 31.9 Å². The van der Waals surface area contributed by atoms with Crippen LogP contribution in [0.1, 0.15) is 19.8 Å². The number of carbonyl (C=O) groups is 3. The first kappa shape index (κ1) is 20.1. The van der Waals surface area contributed by atoms with Crippen LogP contribution in [0.25, 0.3) is 0 Å². The van der Waals surface area contributed by atoms with E-state index in [4.69, 9.17) is 9.47 Å². The number of likely N-dealkylation sites (tertiary alicyclic amines) is 1. The number of piperidine rings is 1. The smallest absolute Gasteiger partial charge is 0.327 e. The van der Waals surface area contributed by atoms with E-state index in [-0.39, 0.29) is 37.0 Å². The van der Waals surface area contributed by atoms with Crippen LogP contribution < -0.4 is 4.74 Å². The summed E-state index contributed by atoms with van der Waals surface area (Å²) in [5, 5.41) is 0. The summed E-state index contributed by atoms with van der Waals surface area (Å²) in [6.45, 7) is 3.55. The number of rotatable bonds is 7. The van der Waals surface area contributed by atoms with E-state index in [9.17, 15) is 14.4 Å². The molecule has 2 aliphatic rings. The van der Waals surface area contributed by atoms with Crippen LogP contribution in [-0.2, 0) is 14.3 Å². The third kappa shape index (κ3) is 4.44. The normalized spacial score (nSPS) is 19.3. The summed E-state index contributed by atoms with van der Waals surface area (Å²) in [5.41, 5.74) is 0. The van der Waals surface area contributed by atoms with Crippen LogP contribution in [-0.4, -0.2) is 84.6 Å². The van der Waals surface area contributed by atoms with Gasteiger partial charge in [-0.1, -0.05) is 18.2 Å². The lowest BCUT2D eigenvalue weighted by atomic mass is 10.0. The summed E-state index contributed by atoms with van der Waals surface area (Å²) in [6.07, 6.45) is 0.737. The molecular formula is C20H27N3O5. The summed E-state index contributed by atoms with van der Waals surface area (Å²) in [4.78, 5) is 41.9. The second kappa shape index (κ2) is 9.05. The average molecular weight is 389 g/mol. The fraction of sp³-hybridized carbons (Fsp3) is 0.550. The summed E-state index contributed by atoms with van der Waals surface area (Å²) >= 11 is 0. The monoisotopic (exact) mass is 389 g/mol. The Labute approximate surface area is 165 Å². The van der Waals surface area contributed by atoms with Gasteiger partial charge in [0.1, 0.15) is 12.3 Å². The van der Waals surface area contributed by atoms with Gasteiger partial charge in [-0.2, -0.15) is 0 Å². The summed E-state index contributed by atoms with van der Waals surface area (Å²) in [5.74, 6) is 0.411. The maximum atomic E-state index is 12.7. The van der Waals surface area contributed by atoms with Crippen LogP contribution in [0.15, 0.2) is 30.3 Å². The van der Waals surface area contributed by atoms with Crippen LogP contribution in [0.2, 0.25) is 0 Å². The van der Waals surface area contributed by atoms with E-state index in [1.807, 2.05) is 30.3 Å². The van der Waals surface area contributed by atoms with Gasteiger partial charge in [0, 0.05) is 26.2 Å². The molecule has 0 radical (unpaired) electrons. The van der Waals surface area contributed by atoms with E-state index in [0.717, 1.165) is 0 Å². The molecule has 0 spiro atoms. The van der Waals surface area contributed by atoms with Crippen LogP contribution in [0.4, 0.5) is 4.79 Å². The highest BCUT2D eigenvalue weighted by Gasteiger charge is 2.41. The minimum atomic E-state index is -0.571. The number of methoxy groups -OCH3 is 1. The van der Waals surface area contributed by atoms with Crippen molar-refractivity contribution in [3.63, 3.8) is 0 Å². The molecule has 28 heavy (non-hydrogen) atoms. The largest absolute Gasteiger partial charge is 0.481 e. The Bertz CT molecular complexity index is 703. The van der Waals surface area contributed by atoms with Crippen molar-refractivity contribution in [2.45, 2.75) is 31.9 Å². The van der Waals surface area contributed by atoms with Crippen LogP contribution in [0.5, 0.6) is 5.75 Å². The lowest BCUT2D eigenvalue weighted by molar-refractivity contribution is -0.139. The van der Waals surface area contributed by atoms with Crippen molar-refractivity contribution >= 4 is 17.8 Å². The number of ether oxygens (including phenoxy) is 2. The van der Waals surface area contributed by atoms with Crippen molar-refractivity contribution in [1.82, 2.24) is 14.7 Å². The number of imide groups is 1. The quantitative estimate of drug-likeness (QED) is 0.658. The Morgan fingerprint density at radius 2 is 1.86 bits per heavy atom. The van der Waals surface area contributed by atoms with Crippen molar-refractivity contribution < 1.29 is 23.9 Å². The van der Waals surface area contributed by atoms with Crippen molar-refractivity contribution in [2.75, 3.05) is 39.9 Å². The Hall–Kier alpha value is -2.61. The molecule has 0 saturated carbocycles. The summed E-state index contributed by atoms with van der Waals surface area (Å²) < 4.78 is 10.7. The molecule has 152 valence electrons. The van der Waals surface area contributed by atoms with E-state index in [1.54, 1.807) is 16.7 Å². The van der Waals surface area contributed by atoms with Crippen molar-refractivity contribution in [1.29, 1.82) is 0 Å². The number of para-hydroxylation sites is 1. The molecule has 2 saturated heterocycles. The zero-order valence-corrected chi connectivity index (χ0v) is 16.4. The van der Waals surface area contributed by atoms with E-state index >= 15 is 0 Å². The minimum Gasteiger partial charge on any atom is -0.481 e. The molecule has 0 N–H and O–H groups in total. The SMILES string of the molecule is COCCN1C(=O)CN(C2CCN(C(=O)C(C)Oc3ccccc3)CC2)C1=O. The molecule has 8 heteroatoms. The van der Waals surface area contributed by atoms with Crippen molar-refractivity contribution in [3.8, 4) is 5.75 Å². The maximum Gasteiger partial charge on any atom is 0.327 e. The molecule has 1 aromatic rings. The molecule has 0 aliphatic carbocycles. The average Bonchev–Trinajstić information content (AvgIpc) is 3.00. The van der Waals surface area contributed by atoms with Crippen molar-refractivity contribution in [3.05, 3.63) is 30.3 Å². The number of urea groups is 1. The van der Waals surface area contributed by atoms with Crippen molar-refractivity contribution in [2.24, 2.45) is 0 Å². The Kier molecular flexibility index (Phi) is 6.51. The molecule has 3 rings (SSSR count). The number of hydrogen-bond donors (Lipinski definition) is 0. The van der Waals surface area contributed by atoms with Gasteiger partial charge in [-0.25, -0.2) is 4.79 Å². The van der Waals surface area contributed by atoms with E-state index in [0.29, 0.717) is 38.3 Å². The number of amides is 4. The number of nitrogens with zero attached hydrogens (tertiary/aromatic N) is 3. The highest BCUT2D eigenvalue weighted by molar-refractivity contribution is 6.02. The second-order valence-electron chi connectivity index (χ2n) is 7.08. The van der Waals surface area contributed by atoms with E-state index in [2.05, 4.69) is 0 Å². The summed E-state index contributed by atoms with van der Waals surface area (Å²) in [7, 11) is 1.54. The summed E-state index contributed by atoms with van der Waals surface area (Å²) in [6, 6.07) is 8.98. The highest BCUT2D eigenvalue weighted by Crippen LogP contribution is 2.23. The molecule has 2 fully saturated rings. The van der Waals surface area contributed by atoms with Crippen LogP contribution in [0, 0.1) is 0 Å². The number of hydrogen-bond acceptors (Lipinski definition) is 5. The topological polar surface area (TPSA) is 79.4 Å². The third-order valence-corrected chi connectivity index (χ3v) is 5.22. The minimum absolute atomic E-state index is 0.0293. The Morgan fingerprint density at radius 3 is 2.50 bits per heavy atom. The lowest BCUT2D eigenvalue weighted by Crippen LogP contribution is -2.50. The molecule has 2 heterocycles. The van der Waals surface area contributed by atoms with E-state index in [1.165, 1.54) is 12.0 Å². The molecule has 1 atom stereocenters. The van der Waals surface area contributed by atoms with Gasteiger partial charge in [-0.15, -0.1) is 0 Å². The zero-order valence-electron chi connectivity index (χ0n) is 16.4. The first-order chi connectivity index (χ1) is 13.5. The number of carbonyl (C=O) groups excluding carboxylic acids is 3. The molecule has 2 aliphatic heterocycles. The van der Waals surface area contributed by atoms with Crippen LogP contribution >= 0.6 is 0 Å². The fourth-order valence-corrected chi connectivity index (χ4v) is 3.66. The van der Waals surface area contributed by atoms with Gasteiger partial charge in [-0.3, -0.25) is 14.5 Å². The molecule has 4 amide bonds. The molecule has 0 aromatic heterocycles. The first-order valence-corrected chi connectivity index (χ1v) is 9.61. The van der Waals surface area contributed by atoms with E-state index < -0.39 is 6.10 Å². The Morgan fingerprint density at radius 1 is 1.18 bits per heavy atom. The molecule has 1 aromatic carbocycles. The fourth-order valence-electron chi connectivity index (χ4n) is 3.66. The zero-order chi connectivity index (χ0) is 20.1. The van der Waals surface area contributed by atoms with Gasteiger partial charge < -0.3 is 19.3 Å². The molecule has 0 bridgehead atoms. The predicted octanol–water partition coefficient (Wildman–Crippen LogP) is 1.36. The second-order valence-corrected chi connectivity index (χ2v) is 7.08. The molecule has 1 unspecified atom stereocenters. The third-order valence-electron chi connectivity index (χ3n) is 5.22. The maximum absolute atomic E-state index is 12.7. The lowest BCUT2D eigenvalue weighted by Gasteiger charge is -2.37. The Balaban J connectivity index is 1.51. The van der Waals surface area contributed by atoms with Gasteiger partial charge >= 0.3 is 6.03 Å². The van der Waals surface area contributed by atoms with Crippen LogP contribution in [0.3, 0.4) is 0 Å². The van der Waals surface area contributed by atoms with Gasteiger partial charge in [0.15, 0.2) is 6.10 Å². The van der Waals surface area contributed by atoms with Gasteiger partial charge in [0.05, 0.1) is 13.2 Å². The molecular weight excluding hydrogens is 362 g/mol. The molecule has 8 nitrogen and oxygen atoms in total. The first-order valence-electron chi connectivity index (χ1n) is 9.61. The van der Waals surface area contributed by atoms with Gasteiger partial charge in [0.2, 0.25) is 5.91 Å². The van der Waals surface area contributed by atoms with Gasteiger partial charge in [0.25, 0.3) is 5.91 Å². The highest BCUT2D eigenvalue weighted by atomic mass is 16.5. The number of benzene rings is 1. The predicted molar refractivity (Wildman–Crippen MR) is 102 cm³/mol.